The molecule has 0 radical (unpaired) electrons. The van der Waals surface area contributed by atoms with E-state index in [0.717, 1.165) is 5.56 Å². The van der Waals surface area contributed by atoms with E-state index in [4.69, 9.17) is 5.11 Å². The number of carbonyl (C=O) groups excluding carboxylic acids is 1. The summed E-state index contributed by atoms with van der Waals surface area (Å²) in [6, 6.07) is 2.87. The molecule has 0 bridgehead atoms. The lowest BCUT2D eigenvalue weighted by atomic mass is 10.0. The molecule has 2 N–H and O–H groups in total. The van der Waals surface area contributed by atoms with E-state index < -0.39 is 17.9 Å². The number of nitrogens with zero attached hydrogens (tertiary/aromatic N) is 2. The molecule has 112 valence electrons. The van der Waals surface area contributed by atoms with Crippen molar-refractivity contribution in [3.63, 3.8) is 0 Å². The fraction of sp³-hybridized carbons (Fsp3) is 0.400. The number of aryl methyl sites for hydroxylation is 1. The van der Waals surface area contributed by atoms with E-state index in [9.17, 15) is 9.59 Å². The molecule has 2 heterocycles. The van der Waals surface area contributed by atoms with Gasteiger partial charge in [-0.2, -0.15) is 0 Å². The summed E-state index contributed by atoms with van der Waals surface area (Å²) >= 11 is 0. The van der Waals surface area contributed by atoms with Gasteiger partial charge in [-0.3, -0.25) is 4.79 Å². The second-order valence-electron chi connectivity index (χ2n) is 5.59. The first-order valence-corrected chi connectivity index (χ1v) is 6.86. The minimum absolute atomic E-state index is 0.176. The van der Waals surface area contributed by atoms with Crippen LogP contribution in [-0.2, 0) is 4.79 Å². The van der Waals surface area contributed by atoms with Gasteiger partial charge in [-0.25, -0.2) is 9.78 Å². The smallest absolute Gasteiger partial charge is 0.326 e. The summed E-state index contributed by atoms with van der Waals surface area (Å²) in [7, 11) is 0. The van der Waals surface area contributed by atoms with Crippen LogP contribution in [0.4, 0.5) is 0 Å². The number of amides is 1. The largest absolute Gasteiger partial charge is 0.480 e. The molecular formula is C15H19N3O3. The number of imidazole rings is 1. The molecule has 0 spiro atoms. The molecule has 6 heteroatoms. The van der Waals surface area contributed by atoms with Crippen LogP contribution in [-0.4, -0.2) is 32.4 Å². The lowest BCUT2D eigenvalue weighted by molar-refractivity contribution is -0.139. The topological polar surface area (TPSA) is 83.7 Å². The molecule has 0 fully saturated rings. The van der Waals surface area contributed by atoms with Crippen molar-refractivity contribution in [2.45, 2.75) is 33.2 Å². The Morgan fingerprint density at radius 3 is 2.76 bits per heavy atom. The van der Waals surface area contributed by atoms with Crippen LogP contribution < -0.4 is 5.32 Å². The molecule has 21 heavy (non-hydrogen) atoms. The maximum absolute atomic E-state index is 12.1. The highest BCUT2D eigenvalue weighted by Gasteiger charge is 2.22. The Morgan fingerprint density at radius 1 is 1.43 bits per heavy atom. The molecule has 1 atom stereocenters. The molecule has 0 aliphatic carbocycles. The third-order valence-electron chi connectivity index (χ3n) is 3.16. The van der Waals surface area contributed by atoms with Crippen LogP contribution in [0.2, 0.25) is 0 Å². The van der Waals surface area contributed by atoms with Gasteiger partial charge < -0.3 is 14.8 Å². The van der Waals surface area contributed by atoms with Crippen molar-refractivity contribution in [3.05, 3.63) is 35.8 Å². The summed E-state index contributed by atoms with van der Waals surface area (Å²) in [5.74, 6) is -1.32. The summed E-state index contributed by atoms with van der Waals surface area (Å²) in [6.07, 6.45) is 3.79. The zero-order valence-corrected chi connectivity index (χ0v) is 12.3. The van der Waals surface area contributed by atoms with Crippen LogP contribution >= 0.6 is 0 Å². The summed E-state index contributed by atoms with van der Waals surface area (Å²) in [4.78, 5) is 27.5. The highest BCUT2D eigenvalue weighted by atomic mass is 16.4. The number of carbonyl (C=O) groups is 2. The fourth-order valence-corrected chi connectivity index (χ4v) is 2.12. The Morgan fingerprint density at radius 2 is 2.14 bits per heavy atom. The van der Waals surface area contributed by atoms with Crippen molar-refractivity contribution < 1.29 is 14.7 Å². The van der Waals surface area contributed by atoms with Crippen LogP contribution in [0.5, 0.6) is 0 Å². The molecule has 0 saturated heterocycles. The number of carboxylic acids is 1. The predicted molar refractivity (Wildman–Crippen MR) is 78.3 cm³/mol. The van der Waals surface area contributed by atoms with Crippen LogP contribution in [0.15, 0.2) is 24.5 Å². The van der Waals surface area contributed by atoms with E-state index >= 15 is 0 Å². The molecule has 0 aromatic carbocycles. The van der Waals surface area contributed by atoms with Gasteiger partial charge in [0.25, 0.3) is 5.91 Å². The average Bonchev–Trinajstić information content (AvgIpc) is 2.80. The van der Waals surface area contributed by atoms with Crippen LogP contribution in [0, 0.1) is 12.8 Å². The van der Waals surface area contributed by atoms with Crippen molar-refractivity contribution >= 4 is 17.5 Å². The number of hydrogen-bond donors (Lipinski definition) is 2. The van der Waals surface area contributed by atoms with E-state index in [0.29, 0.717) is 12.1 Å². The molecule has 2 aromatic rings. The third kappa shape index (κ3) is 3.59. The third-order valence-corrected chi connectivity index (χ3v) is 3.16. The van der Waals surface area contributed by atoms with E-state index in [1.807, 2.05) is 39.1 Å². The van der Waals surface area contributed by atoms with Gasteiger partial charge in [0, 0.05) is 12.4 Å². The Labute approximate surface area is 122 Å². The van der Waals surface area contributed by atoms with E-state index in [2.05, 4.69) is 10.3 Å². The van der Waals surface area contributed by atoms with Gasteiger partial charge >= 0.3 is 5.97 Å². The second kappa shape index (κ2) is 5.95. The summed E-state index contributed by atoms with van der Waals surface area (Å²) in [6.45, 7) is 5.77. The van der Waals surface area contributed by atoms with E-state index in [1.54, 1.807) is 10.6 Å². The fourth-order valence-electron chi connectivity index (χ4n) is 2.12. The standard InChI is InChI=1S/C15H19N3O3/c1-9(2)6-11(15(20)21)17-14(19)12-8-18-5-4-10(3)7-13(18)16-12/h4-5,7-9,11H,6H2,1-3H3,(H,17,19)(H,20,21)/t11-/m0/s1. The number of fused-ring (bicyclic) bond motifs is 1. The second-order valence-corrected chi connectivity index (χ2v) is 5.59. The number of rotatable bonds is 5. The van der Waals surface area contributed by atoms with Crippen LogP contribution in [0.1, 0.15) is 36.3 Å². The Kier molecular flexibility index (Phi) is 4.26. The lowest BCUT2D eigenvalue weighted by Crippen LogP contribution is -2.41. The Bertz CT molecular complexity index is 676. The SMILES string of the molecule is Cc1ccn2cc(C(=O)N[C@@H](CC(C)C)C(=O)O)nc2c1. The zero-order chi connectivity index (χ0) is 15.6. The van der Waals surface area contributed by atoms with Crippen molar-refractivity contribution in [1.82, 2.24) is 14.7 Å². The molecule has 2 rings (SSSR count). The van der Waals surface area contributed by atoms with Gasteiger partial charge in [-0.15, -0.1) is 0 Å². The number of hydrogen-bond acceptors (Lipinski definition) is 3. The van der Waals surface area contributed by atoms with Crippen LogP contribution in [0.3, 0.4) is 0 Å². The molecule has 2 aromatic heterocycles. The minimum Gasteiger partial charge on any atom is -0.480 e. The summed E-state index contributed by atoms with van der Waals surface area (Å²) in [5, 5.41) is 11.7. The molecule has 1 amide bonds. The molecule has 0 saturated carbocycles. The highest BCUT2D eigenvalue weighted by Crippen LogP contribution is 2.09. The summed E-state index contributed by atoms with van der Waals surface area (Å²) < 4.78 is 1.74. The molecule has 0 aliphatic rings. The minimum atomic E-state index is -1.03. The van der Waals surface area contributed by atoms with E-state index in [1.165, 1.54) is 0 Å². The zero-order valence-electron chi connectivity index (χ0n) is 12.3. The van der Waals surface area contributed by atoms with Crippen molar-refractivity contribution in [2.24, 2.45) is 5.92 Å². The predicted octanol–water partition coefficient (Wildman–Crippen LogP) is 1.87. The van der Waals surface area contributed by atoms with Crippen molar-refractivity contribution in [1.29, 1.82) is 0 Å². The van der Waals surface area contributed by atoms with Gasteiger partial charge in [0.2, 0.25) is 0 Å². The first-order chi connectivity index (χ1) is 9.86. The highest BCUT2D eigenvalue weighted by molar-refractivity contribution is 5.95. The number of nitrogens with one attached hydrogen (secondary N) is 1. The Hall–Kier alpha value is -2.37. The monoisotopic (exact) mass is 289 g/mol. The average molecular weight is 289 g/mol. The number of carboxylic acid groups (broad SMARTS) is 1. The molecular weight excluding hydrogens is 270 g/mol. The molecule has 0 aliphatic heterocycles. The number of aromatic nitrogens is 2. The van der Waals surface area contributed by atoms with Gasteiger partial charge in [-0.1, -0.05) is 13.8 Å². The first-order valence-electron chi connectivity index (χ1n) is 6.86. The quantitative estimate of drug-likeness (QED) is 0.880. The van der Waals surface area contributed by atoms with Gasteiger partial charge in [0.1, 0.15) is 17.4 Å². The Balaban J connectivity index is 2.19. The molecule has 0 unspecified atom stereocenters. The lowest BCUT2D eigenvalue weighted by Gasteiger charge is -2.15. The van der Waals surface area contributed by atoms with Crippen molar-refractivity contribution in [2.75, 3.05) is 0 Å². The van der Waals surface area contributed by atoms with Gasteiger partial charge in [0.15, 0.2) is 0 Å². The van der Waals surface area contributed by atoms with Crippen molar-refractivity contribution in [3.8, 4) is 0 Å². The normalized spacial score (nSPS) is 12.6. The van der Waals surface area contributed by atoms with Gasteiger partial charge in [0.05, 0.1) is 0 Å². The maximum Gasteiger partial charge on any atom is 0.326 e. The number of pyridine rings is 1. The van der Waals surface area contributed by atoms with Gasteiger partial charge in [-0.05, 0) is 37.0 Å². The van der Waals surface area contributed by atoms with Crippen LogP contribution in [0.25, 0.3) is 5.65 Å². The maximum atomic E-state index is 12.1. The first kappa shape index (κ1) is 15.0. The summed E-state index contributed by atoms with van der Waals surface area (Å²) in [5.41, 5.74) is 1.93. The molecule has 6 nitrogen and oxygen atoms in total. The van der Waals surface area contributed by atoms with E-state index in [-0.39, 0.29) is 11.6 Å². The number of aliphatic carboxylic acids is 1.